The minimum absolute atomic E-state index is 0.761. The number of aromatic nitrogens is 1. The molecule has 0 saturated heterocycles. The molecule has 178 valence electrons. The largest absolute Gasteiger partial charge is 0.455 e. The molecule has 3 heterocycles. The van der Waals surface area contributed by atoms with Gasteiger partial charge < -0.3 is 4.42 Å². The molecule has 1 aliphatic heterocycles. The molecule has 0 unspecified atom stereocenters. The Hall–Kier alpha value is -4.20. The van der Waals surface area contributed by atoms with E-state index in [2.05, 4.69) is 104 Å². The van der Waals surface area contributed by atoms with Gasteiger partial charge in [-0.05, 0) is 64.9 Å². The maximum absolute atomic E-state index is 7.81. The fourth-order valence-corrected chi connectivity index (χ4v) is 10.0. The number of benzene rings is 4. The van der Waals surface area contributed by atoms with Crippen molar-refractivity contribution in [2.45, 2.75) is 26.9 Å². The molecule has 0 spiro atoms. The molecule has 0 atom stereocenters. The number of hydrogen-bond acceptors (Lipinski definition) is 1. The number of para-hydroxylation sites is 1. The summed E-state index contributed by atoms with van der Waals surface area (Å²) >= 11 is 0. The number of pyridine rings is 1. The summed E-state index contributed by atoms with van der Waals surface area (Å²) in [6, 6.07) is 23.6. The predicted octanol–water partition coefficient (Wildman–Crippen LogP) is 7.20. The maximum atomic E-state index is 7.81. The van der Waals surface area contributed by atoms with Crippen LogP contribution in [-0.2, 0) is 7.05 Å². The van der Waals surface area contributed by atoms with Crippen molar-refractivity contribution in [3.63, 3.8) is 0 Å². The third-order valence-corrected chi connectivity index (χ3v) is 12.0. The van der Waals surface area contributed by atoms with Crippen LogP contribution in [0.25, 0.3) is 59.9 Å². The lowest BCUT2D eigenvalue weighted by atomic mass is 9.92. The molecule has 4 heteroatoms. The van der Waals surface area contributed by atoms with E-state index < -0.39 is 8.07 Å². The van der Waals surface area contributed by atoms with Crippen molar-refractivity contribution in [1.82, 2.24) is 0 Å². The van der Waals surface area contributed by atoms with Crippen LogP contribution in [0.5, 0.6) is 0 Å². The molecule has 0 amide bonds. The topological polar surface area (TPSA) is 21.4 Å². The summed E-state index contributed by atoms with van der Waals surface area (Å²) in [6.07, 6.45) is 2.19. The molecule has 6 aromatic rings. The van der Waals surface area contributed by atoms with E-state index in [9.17, 15) is 0 Å². The van der Waals surface area contributed by atoms with E-state index in [1.54, 1.807) is 0 Å². The maximum Gasteiger partial charge on any atom is 0.224 e. The predicted molar refractivity (Wildman–Crippen MR) is 156 cm³/mol. The van der Waals surface area contributed by atoms with Gasteiger partial charge in [-0.1, -0.05) is 60.7 Å². The lowest BCUT2D eigenvalue weighted by Crippen LogP contribution is -2.49. The highest BCUT2D eigenvalue weighted by atomic mass is 28.3. The smallest absolute Gasteiger partial charge is 0.224 e. The van der Waals surface area contributed by atoms with Crippen molar-refractivity contribution in [3.8, 4) is 22.4 Å². The number of rotatable bonds is 1. The van der Waals surface area contributed by atoms with E-state index in [4.69, 9.17) is 11.0 Å². The van der Waals surface area contributed by atoms with Crippen LogP contribution in [0.2, 0.25) is 13.1 Å². The third kappa shape index (κ3) is 2.78. The van der Waals surface area contributed by atoms with Crippen molar-refractivity contribution >= 4 is 56.8 Å². The van der Waals surface area contributed by atoms with Crippen molar-refractivity contribution in [2.75, 3.05) is 0 Å². The number of aryl methyl sites for hydroxylation is 2. The van der Waals surface area contributed by atoms with Crippen LogP contribution >= 0.6 is 0 Å². The number of furan rings is 1. The van der Waals surface area contributed by atoms with Crippen LogP contribution in [0, 0.1) is 20.4 Å². The summed E-state index contributed by atoms with van der Waals surface area (Å²) in [4.78, 5) is 3.90. The molecular formula is C33H27N2OSi+. The van der Waals surface area contributed by atoms with Gasteiger partial charge in [0.2, 0.25) is 5.69 Å². The Balaban J connectivity index is 1.63. The third-order valence-electron chi connectivity index (χ3n) is 8.47. The van der Waals surface area contributed by atoms with Crippen molar-refractivity contribution < 1.29 is 8.98 Å². The Labute approximate surface area is 217 Å². The van der Waals surface area contributed by atoms with Gasteiger partial charge in [0.25, 0.3) is 0 Å². The summed E-state index contributed by atoms with van der Waals surface area (Å²) in [5, 5.41) is 7.64. The molecule has 2 aromatic heterocycles. The van der Waals surface area contributed by atoms with Gasteiger partial charge in [-0.2, -0.15) is 0 Å². The van der Waals surface area contributed by atoms with E-state index >= 15 is 0 Å². The number of nitrogens with zero attached hydrogens (tertiary/aromatic N) is 2. The standard InChI is InChI=1S/C33H27N2OSi/c1-19-18-25-21-10-7-8-12-27(21)36-32(25)29(20(19)2)31-22-14-15-24-30-26(34-3)11-9-13-28(30)37(5,6)33(24)23(22)16-17-35(31)4/h7-18H,1-2,4-6H3/q+1. The fraction of sp³-hybridized carbons (Fsp3) is 0.152. The molecule has 0 aliphatic carbocycles. The zero-order valence-electron chi connectivity index (χ0n) is 21.7. The second kappa shape index (κ2) is 7.41. The number of fused-ring (bicyclic) bond motifs is 8. The molecule has 7 rings (SSSR count). The normalized spacial score (nSPS) is 13.7. The van der Waals surface area contributed by atoms with Gasteiger partial charge in [-0.3, -0.25) is 0 Å². The zero-order valence-corrected chi connectivity index (χ0v) is 22.7. The van der Waals surface area contributed by atoms with E-state index in [-0.39, 0.29) is 0 Å². The summed E-state index contributed by atoms with van der Waals surface area (Å²) < 4.78 is 8.79. The molecule has 3 nitrogen and oxygen atoms in total. The number of hydrogen-bond donors (Lipinski definition) is 0. The SMILES string of the molecule is [C-]#[N+]c1cccc2c1-c1ccc3c(-c4c(C)c(C)cc5c4oc4ccccc45)[n+](C)ccc3c1[Si]2(C)C. The first-order valence-corrected chi connectivity index (χ1v) is 15.7. The monoisotopic (exact) mass is 495 g/mol. The fourth-order valence-electron chi connectivity index (χ4n) is 6.59. The summed E-state index contributed by atoms with van der Waals surface area (Å²) in [6.45, 7) is 17.1. The Morgan fingerprint density at radius 1 is 0.838 bits per heavy atom. The Bertz CT molecular complexity index is 2010. The van der Waals surface area contributed by atoms with Crippen molar-refractivity contribution in [1.29, 1.82) is 0 Å². The molecule has 1 aliphatic rings. The minimum atomic E-state index is -2.02. The zero-order chi connectivity index (χ0) is 25.6. The van der Waals surface area contributed by atoms with E-state index in [0.29, 0.717) is 0 Å². The molecule has 0 bridgehead atoms. The Morgan fingerprint density at radius 2 is 1.65 bits per heavy atom. The van der Waals surface area contributed by atoms with Crippen LogP contribution < -0.4 is 14.9 Å². The Kier molecular flexibility index (Phi) is 4.41. The van der Waals surface area contributed by atoms with Crippen LogP contribution in [-0.4, -0.2) is 8.07 Å². The van der Waals surface area contributed by atoms with Crippen LogP contribution in [0.3, 0.4) is 0 Å². The first kappa shape index (κ1) is 22.0. The molecule has 0 N–H and O–H groups in total. The molecular weight excluding hydrogens is 468 g/mol. The first-order valence-electron chi connectivity index (χ1n) is 12.7. The van der Waals surface area contributed by atoms with Crippen molar-refractivity contribution in [3.05, 3.63) is 95.5 Å². The average molecular weight is 496 g/mol. The minimum Gasteiger partial charge on any atom is -0.455 e. The molecule has 4 aromatic carbocycles. The highest BCUT2D eigenvalue weighted by molar-refractivity contribution is 7.05. The summed E-state index contributed by atoms with van der Waals surface area (Å²) in [7, 11) is 0.116. The van der Waals surface area contributed by atoms with E-state index in [0.717, 1.165) is 38.8 Å². The van der Waals surface area contributed by atoms with Gasteiger partial charge in [0.05, 0.1) is 17.5 Å². The summed E-state index contributed by atoms with van der Waals surface area (Å²) in [5.41, 5.74) is 9.85. The second-order valence-electron chi connectivity index (χ2n) is 10.8. The van der Waals surface area contributed by atoms with E-state index in [1.807, 2.05) is 12.1 Å². The lowest BCUT2D eigenvalue weighted by Gasteiger charge is -2.21. The lowest BCUT2D eigenvalue weighted by molar-refractivity contribution is -0.659. The first-order chi connectivity index (χ1) is 17.8. The highest BCUT2D eigenvalue weighted by Gasteiger charge is 2.40. The highest BCUT2D eigenvalue weighted by Crippen LogP contribution is 2.42. The van der Waals surface area contributed by atoms with Gasteiger partial charge in [-0.15, -0.1) is 0 Å². The van der Waals surface area contributed by atoms with Crippen molar-refractivity contribution in [2.24, 2.45) is 7.05 Å². The quantitative estimate of drug-likeness (QED) is 0.134. The second-order valence-corrected chi connectivity index (χ2v) is 15.1. The average Bonchev–Trinajstić information content (AvgIpc) is 3.37. The van der Waals surface area contributed by atoms with Gasteiger partial charge in [0.15, 0.2) is 11.9 Å². The summed E-state index contributed by atoms with van der Waals surface area (Å²) in [5.74, 6) is 0. The molecule has 0 fully saturated rings. The molecule has 0 saturated carbocycles. The van der Waals surface area contributed by atoms with Crippen LogP contribution in [0.1, 0.15) is 11.1 Å². The van der Waals surface area contributed by atoms with Gasteiger partial charge in [-0.25, -0.2) is 9.41 Å². The Morgan fingerprint density at radius 3 is 2.46 bits per heavy atom. The van der Waals surface area contributed by atoms with Crippen LogP contribution in [0.15, 0.2) is 77.3 Å². The van der Waals surface area contributed by atoms with E-state index in [1.165, 1.54) is 43.5 Å². The van der Waals surface area contributed by atoms with Gasteiger partial charge in [0, 0.05) is 16.8 Å². The van der Waals surface area contributed by atoms with Crippen LogP contribution in [0.4, 0.5) is 5.69 Å². The molecule has 37 heavy (non-hydrogen) atoms. The van der Waals surface area contributed by atoms with Gasteiger partial charge >= 0.3 is 0 Å². The van der Waals surface area contributed by atoms with Gasteiger partial charge in [0.1, 0.15) is 26.3 Å². The molecule has 0 radical (unpaired) electrons.